The van der Waals surface area contributed by atoms with Gasteiger partial charge in [0, 0.05) is 17.0 Å². The number of rotatable bonds is 4. The summed E-state index contributed by atoms with van der Waals surface area (Å²) in [5, 5.41) is 0.802. The molecule has 0 aliphatic rings. The SMILES string of the molecule is C[C@H](N)[C@H](Cc1ccccc1)c1ccccc1Cl. The molecule has 2 rings (SSSR count). The van der Waals surface area contributed by atoms with Gasteiger partial charge in [-0.05, 0) is 30.5 Å². The van der Waals surface area contributed by atoms with Crippen LogP contribution in [0.3, 0.4) is 0 Å². The van der Waals surface area contributed by atoms with Gasteiger partial charge in [-0.1, -0.05) is 60.1 Å². The van der Waals surface area contributed by atoms with E-state index < -0.39 is 0 Å². The molecule has 94 valence electrons. The van der Waals surface area contributed by atoms with Gasteiger partial charge >= 0.3 is 0 Å². The summed E-state index contributed by atoms with van der Waals surface area (Å²) in [7, 11) is 0. The fourth-order valence-electron chi connectivity index (χ4n) is 2.22. The minimum atomic E-state index is 0.0742. The molecule has 18 heavy (non-hydrogen) atoms. The van der Waals surface area contributed by atoms with E-state index in [9.17, 15) is 0 Å². The van der Waals surface area contributed by atoms with Crippen LogP contribution in [0.1, 0.15) is 24.0 Å². The first-order chi connectivity index (χ1) is 8.68. The number of nitrogens with two attached hydrogens (primary N) is 1. The second-order valence-electron chi connectivity index (χ2n) is 4.68. The molecule has 0 aliphatic heterocycles. The van der Waals surface area contributed by atoms with Crippen molar-refractivity contribution in [1.82, 2.24) is 0 Å². The van der Waals surface area contributed by atoms with Gasteiger partial charge in [-0.2, -0.15) is 0 Å². The van der Waals surface area contributed by atoms with Crippen LogP contribution >= 0.6 is 11.6 Å². The lowest BCUT2D eigenvalue weighted by Crippen LogP contribution is -2.26. The Labute approximate surface area is 114 Å². The predicted octanol–water partition coefficient (Wildman–Crippen LogP) is 4.01. The van der Waals surface area contributed by atoms with E-state index in [1.165, 1.54) is 5.56 Å². The summed E-state index contributed by atoms with van der Waals surface area (Å²) in [6.07, 6.45) is 0.919. The van der Waals surface area contributed by atoms with Gasteiger partial charge in [0.05, 0.1) is 0 Å². The van der Waals surface area contributed by atoms with Crippen molar-refractivity contribution in [2.45, 2.75) is 25.3 Å². The summed E-state index contributed by atoms with van der Waals surface area (Å²) >= 11 is 6.27. The van der Waals surface area contributed by atoms with E-state index in [0.717, 1.165) is 17.0 Å². The Morgan fingerprint density at radius 1 is 1.00 bits per heavy atom. The van der Waals surface area contributed by atoms with E-state index in [4.69, 9.17) is 17.3 Å². The first kappa shape index (κ1) is 13.1. The second-order valence-corrected chi connectivity index (χ2v) is 5.08. The normalized spacial score (nSPS) is 14.2. The van der Waals surface area contributed by atoms with Crippen LogP contribution in [-0.2, 0) is 6.42 Å². The number of hydrogen-bond acceptors (Lipinski definition) is 1. The third kappa shape index (κ3) is 3.12. The van der Waals surface area contributed by atoms with Gasteiger partial charge in [-0.15, -0.1) is 0 Å². The summed E-state index contributed by atoms with van der Waals surface area (Å²) in [5.74, 6) is 0.251. The third-order valence-electron chi connectivity index (χ3n) is 3.24. The average Bonchev–Trinajstić information content (AvgIpc) is 2.38. The van der Waals surface area contributed by atoms with E-state index in [0.29, 0.717) is 0 Å². The third-order valence-corrected chi connectivity index (χ3v) is 3.58. The maximum absolute atomic E-state index is 6.27. The van der Waals surface area contributed by atoms with Crippen LogP contribution in [0.5, 0.6) is 0 Å². The summed E-state index contributed by atoms with van der Waals surface area (Å²) in [5.41, 5.74) is 8.56. The predicted molar refractivity (Wildman–Crippen MR) is 78.0 cm³/mol. The van der Waals surface area contributed by atoms with E-state index >= 15 is 0 Å². The van der Waals surface area contributed by atoms with Gasteiger partial charge in [-0.25, -0.2) is 0 Å². The van der Waals surface area contributed by atoms with Crippen LogP contribution in [0.4, 0.5) is 0 Å². The van der Waals surface area contributed by atoms with Crippen LogP contribution in [-0.4, -0.2) is 6.04 Å². The molecule has 0 bridgehead atoms. The van der Waals surface area contributed by atoms with Crippen molar-refractivity contribution in [3.8, 4) is 0 Å². The van der Waals surface area contributed by atoms with E-state index in [1.807, 2.05) is 31.2 Å². The average molecular weight is 260 g/mol. The molecule has 2 N–H and O–H groups in total. The van der Waals surface area contributed by atoms with Crippen molar-refractivity contribution in [3.63, 3.8) is 0 Å². The van der Waals surface area contributed by atoms with Crippen molar-refractivity contribution in [1.29, 1.82) is 0 Å². The van der Waals surface area contributed by atoms with Gasteiger partial charge in [0.15, 0.2) is 0 Å². The van der Waals surface area contributed by atoms with Crippen LogP contribution in [0, 0.1) is 0 Å². The minimum absolute atomic E-state index is 0.0742. The zero-order valence-corrected chi connectivity index (χ0v) is 11.3. The molecule has 0 aliphatic carbocycles. The lowest BCUT2D eigenvalue weighted by atomic mass is 9.87. The molecule has 1 nitrogen and oxygen atoms in total. The van der Waals surface area contributed by atoms with Crippen molar-refractivity contribution in [3.05, 3.63) is 70.7 Å². The molecule has 0 fully saturated rings. The first-order valence-electron chi connectivity index (χ1n) is 6.22. The molecule has 2 aromatic carbocycles. The Balaban J connectivity index is 2.27. The lowest BCUT2D eigenvalue weighted by molar-refractivity contribution is 0.565. The fourth-order valence-corrected chi connectivity index (χ4v) is 2.50. The minimum Gasteiger partial charge on any atom is -0.327 e. The van der Waals surface area contributed by atoms with E-state index in [1.54, 1.807) is 0 Å². The molecule has 2 aromatic rings. The van der Waals surface area contributed by atoms with Crippen LogP contribution in [0.25, 0.3) is 0 Å². The lowest BCUT2D eigenvalue weighted by Gasteiger charge is -2.22. The highest BCUT2D eigenvalue weighted by Crippen LogP contribution is 2.29. The molecular weight excluding hydrogens is 242 g/mol. The van der Waals surface area contributed by atoms with Crippen LogP contribution in [0.15, 0.2) is 54.6 Å². The Morgan fingerprint density at radius 2 is 1.61 bits per heavy atom. The zero-order valence-electron chi connectivity index (χ0n) is 10.5. The Kier molecular flexibility index (Phi) is 4.40. The molecule has 0 heterocycles. The standard InChI is InChI=1S/C16H18ClN/c1-12(18)15(11-13-7-3-2-4-8-13)14-9-5-6-10-16(14)17/h2-10,12,15H,11,18H2,1H3/t12-,15-/m0/s1. The number of benzene rings is 2. The Morgan fingerprint density at radius 3 is 2.22 bits per heavy atom. The molecular formula is C16H18ClN. The van der Waals surface area contributed by atoms with E-state index in [2.05, 4.69) is 30.3 Å². The van der Waals surface area contributed by atoms with E-state index in [-0.39, 0.29) is 12.0 Å². The molecule has 0 unspecified atom stereocenters. The van der Waals surface area contributed by atoms with Crippen molar-refractivity contribution >= 4 is 11.6 Å². The summed E-state index contributed by atoms with van der Waals surface area (Å²) < 4.78 is 0. The van der Waals surface area contributed by atoms with Crippen molar-refractivity contribution in [2.75, 3.05) is 0 Å². The second kappa shape index (κ2) is 6.03. The van der Waals surface area contributed by atoms with Crippen LogP contribution in [0.2, 0.25) is 5.02 Å². The fraction of sp³-hybridized carbons (Fsp3) is 0.250. The largest absolute Gasteiger partial charge is 0.327 e. The Hall–Kier alpha value is -1.31. The Bertz CT molecular complexity index is 493. The molecule has 0 saturated heterocycles. The molecule has 0 amide bonds. The summed E-state index contributed by atoms with van der Waals surface area (Å²) in [6.45, 7) is 2.04. The summed E-state index contributed by atoms with van der Waals surface area (Å²) in [6, 6.07) is 18.4. The van der Waals surface area contributed by atoms with Crippen molar-refractivity contribution in [2.24, 2.45) is 5.73 Å². The summed E-state index contributed by atoms with van der Waals surface area (Å²) in [4.78, 5) is 0. The quantitative estimate of drug-likeness (QED) is 0.882. The molecule has 2 heteroatoms. The molecule has 0 aromatic heterocycles. The van der Waals surface area contributed by atoms with Gasteiger partial charge in [0.2, 0.25) is 0 Å². The van der Waals surface area contributed by atoms with Gasteiger partial charge in [0.25, 0.3) is 0 Å². The zero-order chi connectivity index (χ0) is 13.0. The van der Waals surface area contributed by atoms with Gasteiger partial charge in [0.1, 0.15) is 0 Å². The molecule has 0 radical (unpaired) electrons. The highest BCUT2D eigenvalue weighted by atomic mass is 35.5. The topological polar surface area (TPSA) is 26.0 Å². The number of halogens is 1. The van der Waals surface area contributed by atoms with Crippen LogP contribution < -0.4 is 5.73 Å². The smallest absolute Gasteiger partial charge is 0.0441 e. The molecule has 0 saturated carbocycles. The van der Waals surface area contributed by atoms with Crippen molar-refractivity contribution < 1.29 is 0 Å². The number of hydrogen-bond donors (Lipinski definition) is 1. The highest BCUT2D eigenvalue weighted by Gasteiger charge is 2.19. The monoisotopic (exact) mass is 259 g/mol. The highest BCUT2D eigenvalue weighted by molar-refractivity contribution is 6.31. The maximum atomic E-state index is 6.27. The molecule has 2 atom stereocenters. The molecule has 0 spiro atoms. The first-order valence-corrected chi connectivity index (χ1v) is 6.60. The maximum Gasteiger partial charge on any atom is 0.0441 e. The van der Waals surface area contributed by atoms with Gasteiger partial charge in [-0.3, -0.25) is 0 Å². The van der Waals surface area contributed by atoms with Gasteiger partial charge < -0.3 is 5.73 Å².